The van der Waals surface area contributed by atoms with Gasteiger partial charge in [-0.25, -0.2) is 4.98 Å². The normalized spacial score (nSPS) is 12.0. The number of para-hydroxylation sites is 2. The number of hydrogen-bond acceptors (Lipinski definition) is 5. The SMILES string of the molecule is c1ccc(-c2nc3ccc4oc5ccc(N(c6ccc7c8ccccc8n(-c8ccccc8)c7c6)c6cccc7c6sc6ccccc67)cc5c4c3o2)cc1. The van der Waals surface area contributed by atoms with Crippen LogP contribution in [0.5, 0.6) is 0 Å². The Bertz CT molecular complexity index is 3450. The summed E-state index contributed by atoms with van der Waals surface area (Å²) in [6, 6.07) is 62.1. The molecule has 0 radical (unpaired) electrons. The number of nitrogens with zero attached hydrogens (tertiary/aromatic N) is 3. The average Bonchev–Trinajstić information content (AvgIpc) is 4.02. The minimum Gasteiger partial charge on any atom is -0.456 e. The molecule has 5 nitrogen and oxygen atoms in total. The quantitative estimate of drug-likeness (QED) is 0.177. The van der Waals surface area contributed by atoms with Crippen LogP contribution in [0.1, 0.15) is 0 Å². The molecule has 55 heavy (non-hydrogen) atoms. The number of oxazole rings is 1. The molecule has 0 aliphatic carbocycles. The van der Waals surface area contributed by atoms with Gasteiger partial charge in [-0.05, 0) is 84.9 Å². The van der Waals surface area contributed by atoms with Gasteiger partial charge in [-0.15, -0.1) is 11.3 Å². The Morgan fingerprint density at radius 2 is 1.22 bits per heavy atom. The van der Waals surface area contributed by atoms with Gasteiger partial charge in [0.25, 0.3) is 0 Å². The van der Waals surface area contributed by atoms with Gasteiger partial charge in [-0.1, -0.05) is 91.0 Å². The highest BCUT2D eigenvalue weighted by molar-refractivity contribution is 7.26. The van der Waals surface area contributed by atoms with Crippen LogP contribution in [0.2, 0.25) is 0 Å². The molecule has 8 aromatic carbocycles. The highest BCUT2D eigenvalue weighted by Gasteiger charge is 2.23. The molecule has 4 heterocycles. The fraction of sp³-hybridized carbons (Fsp3) is 0. The van der Waals surface area contributed by atoms with Crippen molar-refractivity contribution in [2.24, 2.45) is 0 Å². The Morgan fingerprint density at radius 3 is 2.11 bits per heavy atom. The van der Waals surface area contributed by atoms with Gasteiger partial charge in [-0.2, -0.15) is 0 Å². The number of furan rings is 1. The van der Waals surface area contributed by atoms with Crippen molar-refractivity contribution in [3.05, 3.63) is 176 Å². The Morgan fingerprint density at radius 1 is 0.509 bits per heavy atom. The lowest BCUT2D eigenvalue weighted by molar-refractivity contribution is 0.622. The molecule has 0 amide bonds. The largest absolute Gasteiger partial charge is 0.456 e. The molecule has 0 fully saturated rings. The maximum absolute atomic E-state index is 6.54. The first kappa shape index (κ1) is 30.3. The summed E-state index contributed by atoms with van der Waals surface area (Å²) in [6.07, 6.45) is 0. The molecule has 0 aliphatic rings. The van der Waals surface area contributed by atoms with Crippen molar-refractivity contribution in [1.82, 2.24) is 9.55 Å². The zero-order chi connectivity index (χ0) is 36.0. The minimum absolute atomic E-state index is 0.591. The fourth-order valence-electron chi connectivity index (χ4n) is 8.37. The molecule has 0 atom stereocenters. The van der Waals surface area contributed by atoms with Crippen molar-refractivity contribution >= 4 is 103 Å². The molecule has 0 bridgehead atoms. The molecule has 258 valence electrons. The van der Waals surface area contributed by atoms with Crippen LogP contribution in [0.3, 0.4) is 0 Å². The molecule has 0 saturated heterocycles. The lowest BCUT2D eigenvalue weighted by Gasteiger charge is -2.26. The summed E-state index contributed by atoms with van der Waals surface area (Å²) < 4.78 is 17.9. The van der Waals surface area contributed by atoms with Crippen molar-refractivity contribution in [3.63, 3.8) is 0 Å². The predicted octanol–water partition coefficient (Wildman–Crippen LogP) is 14.3. The van der Waals surface area contributed by atoms with Crippen LogP contribution in [0.4, 0.5) is 17.1 Å². The van der Waals surface area contributed by atoms with E-state index in [4.69, 9.17) is 13.8 Å². The van der Waals surface area contributed by atoms with Crippen molar-refractivity contribution in [2.75, 3.05) is 4.90 Å². The third-order valence-electron chi connectivity index (χ3n) is 10.8. The van der Waals surface area contributed by atoms with Gasteiger partial charge in [0.05, 0.1) is 26.8 Å². The van der Waals surface area contributed by atoms with Crippen molar-refractivity contribution in [3.8, 4) is 17.1 Å². The molecule has 0 N–H and O–H groups in total. The van der Waals surface area contributed by atoms with Gasteiger partial charge in [0.15, 0.2) is 5.58 Å². The first-order valence-corrected chi connectivity index (χ1v) is 19.2. The molecular weight excluding hydrogens is 695 g/mol. The molecule has 12 aromatic rings. The van der Waals surface area contributed by atoms with E-state index >= 15 is 0 Å². The Balaban J connectivity index is 1.14. The van der Waals surface area contributed by atoms with Crippen molar-refractivity contribution in [1.29, 1.82) is 0 Å². The number of thiophene rings is 1. The summed E-state index contributed by atoms with van der Waals surface area (Å²) in [5, 5.41) is 6.84. The first-order valence-electron chi connectivity index (χ1n) is 18.4. The zero-order valence-electron chi connectivity index (χ0n) is 29.3. The first-order chi connectivity index (χ1) is 27.3. The second-order valence-electron chi connectivity index (χ2n) is 13.9. The molecular formula is C49H29N3O2S. The van der Waals surface area contributed by atoms with Gasteiger partial charge in [0.2, 0.25) is 5.89 Å². The molecule has 12 rings (SSSR count). The van der Waals surface area contributed by atoms with Crippen LogP contribution in [0, 0.1) is 0 Å². The summed E-state index contributed by atoms with van der Waals surface area (Å²) in [5.41, 5.74) is 10.6. The third kappa shape index (κ3) is 4.55. The molecule has 0 aliphatic heterocycles. The Hall–Kier alpha value is -7.15. The van der Waals surface area contributed by atoms with Crippen LogP contribution >= 0.6 is 11.3 Å². The van der Waals surface area contributed by atoms with E-state index in [1.165, 1.54) is 36.5 Å². The van der Waals surface area contributed by atoms with E-state index in [1.807, 2.05) is 53.8 Å². The van der Waals surface area contributed by atoms with E-state index in [1.54, 1.807) is 0 Å². The maximum atomic E-state index is 6.54. The van der Waals surface area contributed by atoms with Gasteiger partial charge in [-0.3, -0.25) is 0 Å². The molecule has 0 saturated carbocycles. The third-order valence-corrected chi connectivity index (χ3v) is 12.0. The number of aromatic nitrogens is 2. The number of benzene rings is 8. The summed E-state index contributed by atoms with van der Waals surface area (Å²) in [5.74, 6) is 0.591. The van der Waals surface area contributed by atoms with Crippen molar-refractivity contribution < 1.29 is 8.83 Å². The van der Waals surface area contributed by atoms with Crippen LogP contribution < -0.4 is 4.90 Å². The zero-order valence-corrected chi connectivity index (χ0v) is 30.1. The van der Waals surface area contributed by atoms with Crippen molar-refractivity contribution in [2.45, 2.75) is 0 Å². The summed E-state index contributed by atoms with van der Waals surface area (Å²) >= 11 is 1.84. The summed E-state index contributed by atoms with van der Waals surface area (Å²) in [4.78, 5) is 7.29. The summed E-state index contributed by atoms with van der Waals surface area (Å²) in [6.45, 7) is 0. The van der Waals surface area contributed by atoms with E-state index in [-0.39, 0.29) is 0 Å². The van der Waals surface area contributed by atoms with E-state index in [2.05, 4.69) is 143 Å². The lowest BCUT2D eigenvalue weighted by atomic mass is 10.1. The van der Waals surface area contributed by atoms with E-state index in [0.717, 1.165) is 66.9 Å². The monoisotopic (exact) mass is 723 g/mol. The van der Waals surface area contributed by atoms with Gasteiger partial charge < -0.3 is 18.3 Å². The van der Waals surface area contributed by atoms with Gasteiger partial charge in [0, 0.05) is 54.3 Å². The molecule has 6 heteroatoms. The predicted molar refractivity (Wildman–Crippen MR) is 229 cm³/mol. The average molecular weight is 724 g/mol. The molecule has 4 aromatic heterocycles. The topological polar surface area (TPSA) is 47.3 Å². The van der Waals surface area contributed by atoms with Crippen LogP contribution in [-0.4, -0.2) is 9.55 Å². The van der Waals surface area contributed by atoms with Crippen LogP contribution in [0.25, 0.3) is 92.2 Å². The van der Waals surface area contributed by atoms with Crippen LogP contribution in [0.15, 0.2) is 185 Å². The lowest BCUT2D eigenvalue weighted by Crippen LogP contribution is -2.10. The number of anilines is 3. The Labute approximate surface area is 318 Å². The highest BCUT2D eigenvalue weighted by Crippen LogP contribution is 2.47. The van der Waals surface area contributed by atoms with E-state index in [9.17, 15) is 0 Å². The van der Waals surface area contributed by atoms with Gasteiger partial charge in [0.1, 0.15) is 16.7 Å². The minimum atomic E-state index is 0.591. The van der Waals surface area contributed by atoms with E-state index in [0.29, 0.717) is 5.89 Å². The number of hydrogen-bond donors (Lipinski definition) is 0. The number of fused-ring (bicyclic) bond motifs is 11. The molecule has 0 spiro atoms. The highest BCUT2D eigenvalue weighted by atomic mass is 32.1. The van der Waals surface area contributed by atoms with Gasteiger partial charge >= 0.3 is 0 Å². The Kier molecular flexibility index (Phi) is 6.44. The standard InChI is InChI=1S/C49H29N3O2S/c1-3-12-30(13-4-1)49-50-39-25-27-44-46(47(39)54-49)38-28-32(23-26-43(38)53-44)51(41-20-11-18-37-36-17-8-10-21-45(36)55-48(37)41)33-22-24-35-34-16-7-9-19-40(34)52(42(35)29-33)31-14-5-2-6-15-31/h1-29H. The molecule has 0 unspecified atom stereocenters. The fourth-order valence-corrected chi connectivity index (χ4v) is 9.57. The number of rotatable bonds is 5. The summed E-state index contributed by atoms with van der Waals surface area (Å²) in [7, 11) is 0. The smallest absolute Gasteiger partial charge is 0.227 e. The van der Waals surface area contributed by atoms with E-state index < -0.39 is 0 Å². The second kappa shape index (κ2) is 11.7. The van der Waals surface area contributed by atoms with Crippen LogP contribution in [-0.2, 0) is 0 Å². The maximum Gasteiger partial charge on any atom is 0.227 e. The second-order valence-corrected chi connectivity index (χ2v) is 15.0.